The number of thiazole rings is 1. The van der Waals surface area contributed by atoms with E-state index in [1.54, 1.807) is 41.3 Å². The summed E-state index contributed by atoms with van der Waals surface area (Å²) in [5, 5.41) is 1.57. The highest BCUT2D eigenvalue weighted by molar-refractivity contribution is 7.15. The minimum absolute atomic E-state index is 0.0687. The van der Waals surface area contributed by atoms with Gasteiger partial charge < -0.3 is 4.42 Å². The Labute approximate surface area is 175 Å². The standard InChI is InChI=1S/C22H15ClN2O3S/c1-11-12(2)29-22(24-11)25-18(13-7-9-14(23)10-8-13)17-19(26)15-5-3-4-6-16(15)28-20(17)21(25)27/h3-10,18H,1-2H3/t18-/m1/s1. The fourth-order valence-electron chi connectivity index (χ4n) is 3.64. The van der Waals surface area contributed by atoms with Gasteiger partial charge in [-0.15, -0.1) is 11.3 Å². The first-order valence-electron chi connectivity index (χ1n) is 9.04. The van der Waals surface area contributed by atoms with E-state index in [-0.39, 0.29) is 17.1 Å². The van der Waals surface area contributed by atoms with E-state index in [9.17, 15) is 9.59 Å². The molecule has 0 spiro atoms. The summed E-state index contributed by atoms with van der Waals surface area (Å²) in [7, 11) is 0. The summed E-state index contributed by atoms with van der Waals surface area (Å²) < 4.78 is 5.92. The third kappa shape index (κ3) is 2.71. The van der Waals surface area contributed by atoms with Gasteiger partial charge in [-0.1, -0.05) is 35.9 Å². The predicted octanol–water partition coefficient (Wildman–Crippen LogP) is 5.27. The number of para-hydroxylation sites is 1. The number of anilines is 1. The number of rotatable bonds is 2. The molecule has 29 heavy (non-hydrogen) atoms. The lowest BCUT2D eigenvalue weighted by Gasteiger charge is -2.22. The van der Waals surface area contributed by atoms with Gasteiger partial charge in [0, 0.05) is 9.90 Å². The molecule has 3 heterocycles. The lowest BCUT2D eigenvalue weighted by molar-refractivity contribution is 0.0971. The first kappa shape index (κ1) is 18.1. The number of hydrogen-bond donors (Lipinski definition) is 0. The van der Waals surface area contributed by atoms with Crippen LogP contribution in [0.15, 0.2) is 57.7 Å². The van der Waals surface area contributed by atoms with Crippen molar-refractivity contribution < 1.29 is 9.21 Å². The van der Waals surface area contributed by atoms with Gasteiger partial charge in [-0.05, 0) is 43.7 Å². The van der Waals surface area contributed by atoms with Gasteiger partial charge in [-0.3, -0.25) is 14.5 Å². The SMILES string of the molecule is Cc1nc(N2C(=O)c3oc4ccccc4c(=O)c3[C@H]2c2ccc(Cl)cc2)sc1C. The lowest BCUT2D eigenvalue weighted by atomic mass is 9.99. The van der Waals surface area contributed by atoms with Crippen LogP contribution in [0.3, 0.4) is 0 Å². The van der Waals surface area contributed by atoms with Gasteiger partial charge in [0.15, 0.2) is 10.6 Å². The molecular formula is C22H15ClN2O3S. The van der Waals surface area contributed by atoms with Gasteiger partial charge in [-0.2, -0.15) is 0 Å². The molecule has 0 fully saturated rings. The van der Waals surface area contributed by atoms with E-state index < -0.39 is 6.04 Å². The van der Waals surface area contributed by atoms with Crippen LogP contribution in [0.2, 0.25) is 5.02 Å². The second-order valence-electron chi connectivity index (χ2n) is 6.94. The van der Waals surface area contributed by atoms with Crippen LogP contribution in [0.1, 0.15) is 38.3 Å². The average molecular weight is 423 g/mol. The lowest BCUT2D eigenvalue weighted by Crippen LogP contribution is -2.29. The molecule has 7 heteroatoms. The normalized spacial score (nSPS) is 15.9. The molecule has 1 amide bonds. The zero-order valence-corrected chi connectivity index (χ0v) is 17.2. The highest BCUT2D eigenvalue weighted by Crippen LogP contribution is 2.43. The molecule has 2 aromatic heterocycles. The predicted molar refractivity (Wildman–Crippen MR) is 114 cm³/mol. The Bertz CT molecular complexity index is 1320. The van der Waals surface area contributed by atoms with Gasteiger partial charge in [-0.25, -0.2) is 4.98 Å². The second-order valence-corrected chi connectivity index (χ2v) is 8.56. The molecule has 0 N–H and O–H groups in total. The number of hydrogen-bond acceptors (Lipinski definition) is 5. The van der Waals surface area contributed by atoms with E-state index in [1.165, 1.54) is 11.3 Å². The van der Waals surface area contributed by atoms with Crippen LogP contribution in [0, 0.1) is 13.8 Å². The maximum absolute atomic E-state index is 13.4. The van der Waals surface area contributed by atoms with Crippen molar-refractivity contribution in [2.45, 2.75) is 19.9 Å². The Hall–Kier alpha value is -2.96. The highest BCUT2D eigenvalue weighted by Gasteiger charge is 2.44. The maximum atomic E-state index is 13.4. The molecule has 0 saturated carbocycles. The minimum atomic E-state index is -0.624. The average Bonchev–Trinajstić information content (AvgIpc) is 3.19. The van der Waals surface area contributed by atoms with E-state index in [0.717, 1.165) is 16.1 Å². The molecular weight excluding hydrogens is 408 g/mol. The number of carbonyl (C=O) groups is 1. The van der Waals surface area contributed by atoms with Gasteiger partial charge in [0.2, 0.25) is 5.76 Å². The number of nitrogens with zero attached hydrogens (tertiary/aromatic N) is 2. The summed E-state index contributed by atoms with van der Waals surface area (Å²) >= 11 is 7.48. The minimum Gasteiger partial charge on any atom is -0.450 e. The third-order valence-electron chi connectivity index (χ3n) is 5.19. The van der Waals surface area contributed by atoms with E-state index in [1.807, 2.05) is 26.0 Å². The molecule has 144 valence electrons. The van der Waals surface area contributed by atoms with E-state index in [0.29, 0.717) is 26.7 Å². The van der Waals surface area contributed by atoms with Crippen LogP contribution in [-0.2, 0) is 0 Å². The summed E-state index contributed by atoms with van der Waals surface area (Å²) in [4.78, 5) is 33.9. The van der Waals surface area contributed by atoms with Crippen LogP contribution in [0.4, 0.5) is 5.13 Å². The summed E-state index contributed by atoms with van der Waals surface area (Å²) in [6.07, 6.45) is 0. The molecule has 0 bridgehead atoms. The molecule has 1 aliphatic heterocycles. The Balaban J connectivity index is 1.82. The fourth-order valence-corrected chi connectivity index (χ4v) is 4.70. The zero-order valence-electron chi connectivity index (χ0n) is 15.6. The Kier molecular flexibility index (Phi) is 4.08. The van der Waals surface area contributed by atoms with Gasteiger partial charge in [0.05, 0.1) is 22.7 Å². The number of fused-ring (bicyclic) bond motifs is 2. The molecule has 2 aromatic carbocycles. The van der Waals surface area contributed by atoms with Crippen molar-refractivity contribution in [1.29, 1.82) is 0 Å². The fraction of sp³-hybridized carbons (Fsp3) is 0.136. The Morgan fingerprint density at radius 2 is 1.79 bits per heavy atom. The molecule has 1 aliphatic rings. The van der Waals surface area contributed by atoms with Crippen molar-refractivity contribution in [2.24, 2.45) is 0 Å². The zero-order chi connectivity index (χ0) is 20.3. The van der Waals surface area contributed by atoms with E-state index in [4.69, 9.17) is 16.0 Å². The topological polar surface area (TPSA) is 63.4 Å². The first-order chi connectivity index (χ1) is 14.0. The largest absolute Gasteiger partial charge is 0.450 e. The molecule has 0 unspecified atom stereocenters. The summed E-state index contributed by atoms with van der Waals surface area (Å²) in [5.74, 6) is -0.296. The summed E-state index contributed by atoms with van der Waals surface area (Å²) in [5.41, 5.74) is 2.15. The Morgan fingerprint density at radius 1 is 1.07 bits per heavy atom. The second kappa shape index (κ2) is 6.54. The van der Waals surface area contributed by atoms with Crippen LogP contribution in [0.25, 0.3) is 11.0 Å². The smallest absolute Gasteiger partial charge is 0.297 e. The number of aromatic nitrogens is 1. The quantitative estimate of drug-likeness (QED) is 0.441. The van der Waals surface area contributed by atoms with Gasteiger partial charge in [0.25, 0.3) is 5.91 Å². The first-order valence-corrected chi connectivity index (χ1v) is 10.2. The summed E-state index contributed by atoms with van der Waals surface area (Å²) in [6.45, 7) is 3.86. The van der Waals surface area contributed by atoms with Crippen molar-refractivity contribution in [1.82, 2.24) is 4.98 Å². The van der Waals surface area contributed by atoms with Crippen LogP contribution < -0.4 is 10.3 Å². The molecule has 4 aromatic rings. The number of amides is 1. The van der Waals surface area contributed by atoms with E-state index in [2.05, 4.69) is 4.98 Å². The van der Waals surface area contributed by atoms with Crippen LogP contribution in [-0.4, -0.2) is 10.9 Å². The number of benzene rings is 2. The number of carbonyl (C=O) groups excluding carboxylic acids is 1. The summed E-state index contributed by atoms with van der Waals surface area (Å²) in [6, 6.07) is 13.5. The van der Waals surface area contributed by atoms with Crippen molar-refractivity contribution in [3.05, 3.63) is 91.2 Å². The maximum Gasteiger partial charge on any atom is 0.297 e. The van der Waals surface area contributed by atoms with Crippen molar-refractivity contribution in [3.63, 3.8) is 0 Å². The van der Waals surface area contributed by atoms with Crippen molar-refractivity contribution >= 4 is 44.9 Å². The Morgan fingerprint density at radius 3 is 2.48 bits per heavy atom. The van der Waals surface area contributed by atoms with Crippen LogP contribution in [0.5, 0.6) is 0 Å². The molecule has 5 rings (SSSR count). The van der Waals surface area contributed by atoms with Crippen molar-refractivity contribution in [3.8, 4) is 0 Å². The van der Waals surface area contributed by atoms with Crippen LogP contribution >= 0.6 is 22.9 Å². The van der Waals surface area contributed by atoms with Crippen molar-refractivity contribution in [2.75, 3.05) is 4.90 Å². The number of aryl methyl sites for hydroxylation is 2. The molecule has 0 saturated heterocycles. The monoisotopic (exact) mass is 422 g/mol. The van der Waals surface area contributed by atoms with Gasteiger partial charge >= 0.3 is 0 Å². The molecule has 0 radical (unpaired) electrons. The molecule has 5 nitrogen and oxygen atoms in total. The number of halogens is 1. The molecule has 1 atom stereocenters. The van der Waals surface area contributed by atoms with Gasteiger partial charge in [0.1, 0.15) is 5.58 Å². The third-order valence-corrected chi connectivity index (χ3v) is 6.51. The molecule has 0 aliphatic carbocycles. The highest BCUT2D eigenvalue weighted by atomic mass is 35.5. The van der Waals surface area contributed by atoms with E-state index >= 15 is 0 Å².